The van der Waals surface area contributed by atoms with Crippen LogP contribution in [-0.2, 0) is 0 Å². The quantitative estimate of drug-likeness (QED) is 0.547. The summed E-state index contributed by atoms with van der Waals surface area (Å²) in [5.74, 6) is 4.90. The number of halogens is 1. The zero-order valence-electron chi connectivity index (χ0n) is 14.5. The Morgan fingerprint density at radius 3 is 2.74 bits per heavy atom. The van der Waals surface area contributed by atoms with Gasteiger partial charge in [0.1, 0.15) is 17.8 Å². The molecular formula is C20H16FN5O. The second kappa shape index (κ2) is 6.53. The highest BCUT2D eigenvalue weighted by molar-refractivity contribution is 6.03. The highest BCUT2D eigenvalue weighted by Gasteiger charge is 2.11. The third-order valence-corrected chi connectivity index (χ3v) is 4.26. The molecule has 0 unspecified atom stereocenters. The molecule has 0 bridgehead atoms. The molecular weight excluding hydrogens is 345 g/mol. The fourth-order valence-corrected chi connectivity index (χ4v) is 2.86. The van der Waals surface area contributed by atoms with Gasteiger partial charge in [-0.15, -0.1) is 0 Å². The van der Waals surface area contributed by atoms with Gasteiger partial charge in [0.15, 0.2) is 0 Å². The minimum absolute atomic E-state index is 0.240. The first-order valence-corrected chi connectivity index (χ1v) is 8.27. The first-order valence-electron chi connectivity index (χ1n) is 8.27. The van der Waals surface area contributed by atoms with Gasteiger partial charge >= 0.3 is 0 Å². The first kappa shape index (κ1) is 16.7. The lowest BCUT2D eigenvalue weighted by Crippen LogP contribution is -2.13. The zero-order valence-corrected chi connectivity index (χ0v) is 14.5. The van der Waals surface area contributed by atoms with Crippen molar-refractivity contribution < 1.29 is 9.18 Å². The molecule has 0 aliphatic carbocycles. The van der Waals surface area contributed by atoms with E-state index in [2.05, 4.69) is 15.3 Å². The van der Waals surface area contributed by atoms with Gasteiger partial charge in [0, 0.05) is 16.6 Å². The average molecular weight is 361 g/mol. The summed E-state index contributed by atoms with van der Waals surface area (Å²) in [5, 5.41) is 3.57. The maximum Gasteiger partial charge on any atom is 0.275 e. The number of nitrogen functional groups attached to an aromatic ring is 1. The van der Waals surface area contributed by atoms with Gasteiger partial charge in [-0.2, -0.15) is 0 Å². The van der Waals surface area contributed by atoms with Crippen LogP contribution in [0.3, 0.4) is 0 Å². The number of carbonyl (C=O) groups excluding carboxylic acids is 1. The third-order valence-electron chi connectivity index (χ3n) is 4.26. The number of fused-ring (bicyclic) bond motifs is 1. The summed E-state index contributed by atoms with van der Waals surface area (Å²) in [7, 11) is 0. The van der Waals surface area contributed by atoms with E-state index in [1.807, 2.05) is 37.3 Å². The van der Waals surface area contributed by atoms with E-state index in [1.165, 1.54) is 29.3 Å². The highest BCUT2D eigenvalue weighted by Crippen LogP contribution is 2.26. The topological polar surface area (TPSA) is 85.8 Å². The van der Waals surface area contributed by atoms with Crippen molar-refractivity contribution in [2.45, 2.75) is 6.92 Å². The number of rotatable bonds is 3. The molecule has 7 heteroatoms. The summed E-state index contributed by atoms with van der Waals surface area (Å²) < 4.78 is 14.5. The highest BCUT2D eigenvalue weighted by atomic mass is 19.1. The molecule has 0 aliphatic heterocycles. The number of aromatic nitrogens is 3. The minimum atomic E-state index is -0.332. The average Bonchev–Trinajstić information content (AvgIpc) is 3.09. The maximum atomic E-state index is 13.3. The smallest absolute Gasteiger partial charge is 0.275 e. The van der Waals surface area contributed by atoms with E-state index in [0.29, 0.717) is 5.69 Å². The van der Waals surface area contributed by atoms with Gasteiger partial charge in [-0.25, -0.2) is 14.4 Å². The van der Waals surface area contributed by atoms with Gasteiger partial charge in [0.25, 0.3) is 5.91 Å². The summed E-state index contributed by atoms with van der Waals surface area (Å²) in [6, 6.07) is 13.8. The Balaban J connectivity index is 1.61. The molecule has 4 rings (SSSR count). The molecule has 0 radical (unpaired) electrons. The van der Waals surface area contributed by atoms with Crippen LogP contribution >= 0.6 is 0 Å². The molecule has 2 heterocycles. The largest absolute Gasteiger partial charge is 0.338 e. The van der Waals surface area contributed by atoms with Gasteiger partial charge < -0.3 is 11.2 Å². The van der Waals surface area contributed by atoms with Crippen LogP contribution in [0, 0.1) is 12.7 Å². The Morgan fingerprint density at radius 2 is 2.00 bits per heavy atom. The second-order valence-electron chi connectivity index (χ2n) is 6.22. The molecule has 2 aromatic heterocycles. The molecule has 0 fully saturated rings. The third kappa shape index (κ3) is 3.35. The molecule has 134 valence electrons. The van der Waals surface area contributed by atoms with Crippen LogP contribution in [0.25, 0.3) is 22.2 Å². The zero-order chi connectivity index (χ0) is 19.0. The minimum Gasteiger partial charge on any atom is -0.338 e. The van der Waals surface area contributed by atoms with Crippen molar-refractivity contribution in [1.82, 2.24) is 14.6 Å². The lowest BCUT2D eigenvalue weighted by molar-refractivity contribution is 0.102. The normalized spacial score (nSPS) is 10.9. The van der Waals surface area contributed by atoms with Crippen LogP contribution < -0.4 is 11.2 Å². The fourth-order valence-electron chi connectivity index (χ4n) is 2.86. The van der Waals surface area contributed by atoms with Crippen LogP contribution in [0.1, 0.15) is 16.1 Å². The van der Waals surface area contributed by atoms with Crippen molar-refractivity contribution in [1.29, 1.82) is 0 Å². The number of nitrogens with zero attached hydrogens (tertiary/aromatic N) is 3. The van der Waals surface area contributed by atoms with E-state index in [-0.39, 0.29) is 17.4 Å². The van der Waals surface area contributed by atoms with E-state index >= 15 is 0 Å². The Kier molecular flexibility index (Phi) is 4.04. The van der Waals surface area contributed by atoms with Crippen LogP contribution in [0.4, 0.5) is 10.1 Å². The monoisotopic (exact) mass is 361 g/mol. The number of hydrogen-bond donors (Lipinski definition) is 2. The standard InChI is InChI=1S/C20H16FN5O/c1-12-8-13(17-6-3-14-9-15(21)4-7-18(14)24-17)2-5-16(12)25-20(27)19-10-26(22)11-23-19/h2-11H,22H2,1H3,(H,25,27). The van der Waals surface area contributed by atoms with Crippen molar-refractivity contribution in [3.8, 4) is 11.3 Å². The van der Waals surface area contributed by atoms with Gasteiger partial charge in [0.05, 0.1) is 17.4 Å². The van der Waals surface area contributed by atoms with Crippen molar-refractivity contribution in [2.24, 2.45) is 0 Å². The summed E-state index contributed by atoms with van der Waals surface area (Å²) in [6.45, 7) is 1.90. The molecule has 6 nitrogen and oxygen atoms in total. The van der Waals surface area contributed by atoms with Crippen LogP contribution in [0.5, 0.6) is 0 Å². The Bertz CT molecular complexity index is 1170. The van der Waals surface area contributed by atoms with Crippen molar-refractivity contribution in [3.05, 3.63) is 78.1 Å². The summed E-state index contributed by atoms with van der Waals surface area (Å²) in [4.78, 5) is 20.7. The van der Waals surface area contributed by atoms with Gasteiger partial charge in [-0.3, -0.25) is 9.47 Å². The number of benzene rings is 2. The summed E-state index contributed by atoms with van der Waals surface area (Å²) in [5.41, 5.74) is 4.21. The van der Waals surface area contributed by atoms with E-state index in [9.17, 15) is 9.18 Å². The first-order chi connectivity index (χ1) is 13.0. The molecule has 0 saturated carbocycles. The fraction of sp³-hybridized carbons (Fsp3) is 0.0500. The van der Waals surface area contributed by atoms with Gasteiger partial charge in [0.2, 0.25) is 0 Å². The molecule has 0 saturated heterocycles. The summed E-state index contributed by atoms with van der Waals surface area (Å²) >= 11 is 0. The van der Waals surface area contributed by atoms with Gasteiger partial charge in [-0.05, 0) is 48.9 Å². The Labute approximate surface area is 154 Å². The number of carbonyl (C=O) groups is 1. The number of anilines is 1. The number of amides is 1. The molecule has 4 aromatic rings. The Morgan fingerprint density at radius 1 is 1.15 bits per heavy atom. The molecule has 1 amide bonds. The van der Waals surface area contributed by atoms with Crippen LogP contribution in [0.15, 0.2) is 61.1 Å². The molecule has 2 aromatic carbocycles. The number of pyridine rings is 1. The van der Waals surface area contributed by atoms with E-state index in [1.54, 1.807) is 6.07 Å². The maximum absolute atomic E-state index is 13.3. The van der Waals surface area contributed by atoms with E-state index < -0.39 is 0 Å². The molecule has 3 N–H and O–H groups in total. The van der Waals surface area contributed by atoms with E-state index in [4.69, 9.17) is 5.84 Å². The van der Waals surface area contributed by atoms with E-state index in [0.717, 1.165) is 27.7 Å². The van der Waals surface area contributed by atoms with Crippen molar-refractivity contribution >= 4 is 22.5 Å². The number of imidazole rings is 1. The number of nitrogens with one attached hydrogen (secondary N) is 1. The van der Waals surface area contributed by atoms with Crippen LogP contribution in [-0.4, -0.2) is 20.6 Å². The Hall–Kier alpha value is -3.74. The lowest BCUT2D eigenvalue weighted by Gasteiger charge is -2.10. The predicted octanol–water partition coefficient (Wildman–Crippen LogP) is 3.51. The second-order valence-corrected chi connectivity index (χ2v) is 6.22. The SMILES string of the molecule is Cc1cc(-c2ccc3cc(F)ccc3n2)ccc1NC(=O)c1cn(N)cn1. The molecule has 0 aliphatic rings. The van der Waals surface area contributed by atoms with Gasteiger partial charge in [-0.1, -0.05) is 12.1 Å². The number of aryl methyl sites for hydroxylation is 1. The van der Waals surface area contributed by atoms with Crippen molar-refractivity contribution in [3.63, 3.8) is 0 Å². The number of hydrogen-bond acceptors (Lipinski definition) is 4. The molecule has 0 spiro atoms. The molecule has 27 heavy (non-hydrogen) atoms. The predicted molar refractivity (Wildman–Crippen MR) is 102 cm³/mol. The number of nitrogens with two attached hydrogens (primary N) is 1. The lowest BCUT2D eigenvalue weighted by atomic mass is 10.1. The van der Waals surface area contributed by atoms with Crippen molar-refractivity contribution in [2.75, 3.05) is 11.2 Å². The van der Waals surface area contributed by atoms with Crippen LogP contribution in [0.2, 0.25) is 0 Å². The molecule has 0 atom stereocenters. The summed E-state index contributed by atoms with van der Waals surface area (Å²) in [6.07, 6.45) is 2.81.